The zero-order valence-electron chi connectivity index (χ0n) is 7.70. The summed E-state index contributed by atoms with van der Waals surface area (Å²) < 4.78 is 0.844. The van der Waals surface area contributed by atoms with Gasteiger partial charge in [0.1, 0.15) is 0 Å². The normalized spacial score (nSPS) is 10.4. The lowest BCUT2D eigenvalue weighted by Crippen LogP contribution is -2.19. The maximum absolute atomic E-state index is 10.5. The maximum Gasteiger partial charge on any atom is 0.217 e. The van der Waals surface area contributed by atoms with E-state index in [2.05, 4.69) is 31.2 Å². The number of carbonyl (C=O) groups excluding carboxylic acids is 1. The van der Waals surface area contributed by atoms with E-state index >= 15 is 0 Å². The molecular weight excluding hydrogens is 246 g/mol. The Balaban J connectivity index is 2.44. The maximum atomic E-state index is 10.5. The van der Waals surface area contributed by atoms with Gasteiger partial charge in [-0.1, -0.05) is 6.08 Å². The van der Waals surface area contributed by atoms with Gasteiger partial charge in [0.15, 0.2) is 5.82 Å². The standard InChI is InChI=1S/C9H10BrN3O/c1-7(14)11-4-2-3-9-12-5-8(10)6-13-9/h2-3,5-6H,4H2,1H3,(H,11,14). The lowest BCUT2D eigenvalue weighted by atomic mass is 10.4. The van der Waals surface area contributed by atoms with Gasteiger partial charge in [-0.15, -0.1) is 0 Å². The molecule has 0 unspecified atom stereocenters. The third-order valence-electron chi connectivity index (χ3n) is 1.38. The molecule has 4 nitrogen and oxygen atoms in total. The summed E-state index contributed by atoms with van der Waals surface area (Å²) in [5.41, 5.74) is 0. The fraction of sp³-hybridized carbons (Fsp3) is 0.222. The second kappa shape index (κ2) is 5.49. The topological polar surface area (TPSA) is 54.9 Å². The van der Waals surface area contributed by atoms with E-state index < -0.39 is 0 Å². The first-order chi connectivity index (χ1) is 6.68. The van der Waals surface area contributed by atoms with Gasteiger partial charge in [-0.3, -0.25) is 4.79 Å². The van der Waals surface area contributed by atoms with Gasteiger partial charge in [-0.2, -0.15) is 0 Å². The van der Waals surface area contributed by atoms with E-state index in [1.165, 1.54) is 6.92 Å². The second-order valence-electron chi connectivity index (χ2n) is 2.60. The van der Waals surface area contributed by atoms with E-state index in [1.54, 1.807) is 24.5 Å². The number of halogens is 1. The number of nitrogens with zero attached hydrogens (tertiary/aromatic N) is 2. The Morgan fingerprint density at radius 1 is 1.57 bits per heavy atom. The van der Waals surface area contributed by atoms with E-state index in [9.17, 15) is 4.79 Å². The van der Waals surface area contributed by atoms with Crippen molar-refractivity contribution in [2.24, 2.45) is 0 Å². The van der Waals surface area contributed by atoms with Crippen molar-refractivity contribution in [1.29, 1.82) is 0 Å². The van der Waals surface area contributed by atoms with E-state index in [1.807, 2.05) is 0 Å². The molecule has 0 saturated carbocycles. The summed E-state index contributed by atoms with van der Waals surface area (Å²) in [6.07, 6.45) is 6.89. The van der Waals surface area contributed by atoms with Gasteiger partial charge in [0.25, 0.3) is 0 Å². The molecule has 0 saturated heterocycles. The summed E-state index contributed by atoms with van der Waals surface area (Å²) in [5, 5.41) is 2.64. The number of nitrogens with one attached hydrogen (secondary N) is 1. The first-order valence-electron chi connectivity index (χ1n) is 4.07. The zero-order valence-corrected chi connectivity index (χ0v) is 9.28. The molecule has 5 heteroatoms. The van der Waals surface area contributed by atoms with Gasteiger partial charge >= 0.3 is 0 Å². The van der Waals surface area contributed by atoms with Gasteiger partial charge in [0, 0.05) is 25.9 Å². The smallest absolute Gasteiger partial charge is 0.217 e. The summed E-state index contributed by atoms with van der Waals surface area (Å²) in [7, 11) is 0. The van der Waals surface area contributed by atoms with Crippen LogP contribution in [0.5, 0.6) is 0 Å². The van der Waals surface area contributed by atoms with Crippen LogP contribution in [0.2, 0.25) is 0 Å². The van der Waals surface area contributed by atoms with Crippen molar-refractivity contribution in [2.75, 3.05) is 6.54 Å². The van der Waals surface area contributed by atoms with Crippen LogP contribution in [0.4, 0.5) is 0 Å². The number of hydrogen-bond donors (Lipinski definition) is 1. The Morgan fingerprint density at radius 2 is 2.21 bits per heavy atom. The predicted molar refractivity (Wildman–Crippen MR) is 57.4 cm³/mol. The van der Waals surface area contributed by atoms with Gasteiger partial charge in [-0.25, -0.2) is 9.97 Å². The molecule has 0 aliphatic carbocycles. The van der Waals surface area contributed by atoms with Crippen molar-refractivity contribution in [3.8, 4) is 0 Å². The Morgan fingerprint density at radius 3 is 2.79 bits per heavy atom. The summed E-state index contributed by atoms with van der Waals surface area (Å²) >= 11 is 3.24. The monoisotopic (exact) mass is 255 g/mol. The molecule has 1 rings (SSSR count). The minimum atomic E-state index is -0.0497. The lowest BCUT2D eigenvalue weighted by Gasteiger charge is -1.94. The van der Waals surface area contributed by atoms with Crippen LogP contribution in [-0.2, 0) is 4.79 Å². The third kappa shape index (κ3) is 4.13. The average molecular weight is 256 g/mol. The molecule has 74 valence electrons. The number of amides is 1. The van der Waals surface area contributed by atoms with Crippen molar-refractivity contribution in [1.82, 2.24) is 15.3 Å². The van der Waals surface area contributed by atoms with E-state index in [0.717, 1.165) is 4.47 Å². The SMILES string of the molecule is CC(=O)NCC=Cc1ncc(Br)cn1. The average Bonchev–Trinajstić information content (AvgIpc) is 2.15. The van der Waals surface area contributed by atoms with Crippen LogP contribution in [-0.4, -0.2) is 22.4 Å². The Labute approximate surface area is 90.6 Å². The van der Waals surface area contributed by atoms with Crippen LogP contribution in [0.3, 0.4) is 0 Å². The fourth-order valence-electron chi connectivity index (χ4n) is 0.775. The fourth-order valence-corrected chi connectivity index (χ4v) is 0.980. The van der Waals surface area contributed by atoms with Crippen LogP contribution in [0.15, 0.2) is 22.9 Å². The molecule has 14 heavy (non-hydrogen) atoms. The van der Waals surface area contributed by atoms with E-state index in [4.69, 9.17) is 0 Å². The van der Waals surface area contributed by atoms with E-state index in [-0.39, 0.29) is 5.91 Å². The van der Waals surface area contributed by atoms with Crippen LogP contribution >= 0.6 is 15.9 Å². The first kappa shape index (κ1) is 10.8. The summed E-state index contributed by atoms with van der Waals surface area (Å²) in [6, 6.07) is 0. The van der Waals surface area contributed by atoms with Crippen molar-refractivity contribution in [2.45, 2.75) is 6.92 Å². The molecule has 1 aromatic rings. The summed E-state index contributed by atoms with van der Waals surface area (Å²) in [6.45, 7) is 1.97. The Bertz CT molecular complexity index is 334. The highest BCUT2D eigenvalue weighted by molar-refractivity contribution is 9.10. The van der Waals surface area contributed by atoms with Gasteiger partial charge in [-0.05, 0) is 22.0 Å². The molecule has 0 radical (unpaired) electrons. The summed E-state index contributed by atoms with van der Waals surface area (Å²) in [4.78, 5) is 18.6. The second-order valence-corrected chi connectivity index (χ2v) is 3.51. The zero-order chi connectivity index (χ0) is 10.4. The molecule has 0 bridgehead atoms. The third-order valence-corrected chi connectivity index (χ3v) is 1.79. The number of rotatable bonds is 3. The van der Waals surface area contributed by atoms with Crippen molar-refractivity contribution < 1.29 is 4.79 Å². The lowest BCUT2D eigenvalue weighted by molar-refractivity contribution is -0.118. The van der Waals surface area contributed by atoms with Crippen LogP contribution < -0.4 is 5.32 Å². The molecule has 0 aliphatic rings. The molecule has 1 aromatic heterocycles. The molecule has 0 fully saturated rings. The van der Waals surface area contributed by atoms with Crippen LogP contribution in [0.1, 0.15) is 12.7 Å². The quantitative estimate of drug-likeness (QED) is 0.889. The Kier molecular flexibility index (Phi) is 4.25. The molecule has 1 heterocycles. The predicted octanol–water partition coefficient (Wildman–Crippen LogP) is 1.39. The molecule has 1 amide bonds. The van der Waals surface area contributed by atoms with Gasteiger partial charge in [0.05, 0.1) is 4.47 Å². The largest absolute Gasteiger partial charge is 0.353 e. The van der Waals surface area contributed by atoms with Gasteiger partial charge in [0.2, 0.25) is 5.91 Å². The molecule has 0 aliphatic heterocycles. The minimum absolute atomic E-state index is 0.0497. The van der Waals surface area contributed by atoms with Crippen molar-refractivity contribution >= 4 is 27.9 Å². The molecule has 0 aromatic carbocycles. The van der Waals surface area contributed by atoms with Crippen LogP contribution in [0.25, 0.3) is 6.08 Å². The van der Waals surface area contributed by atoms with Crippen molar-refractivity contribution in [3.05, 3.63) is 28.8 Å². The molecule has 1 N–H and O–H groups in total. The Hall–Kier alpha value is -1.23. The number of carbonyl (C=O) groups is 1. The van der Waals surface area contributed by atoms with Crippen molar-refractivity contribution in [3.63, 3.8) is 0 Å². The highest BCUT2D eigenvalue weighted by Gasteiger charge is 1.90. The van der Waals surface area contributed by atoms with Gasteiger partial charge < -0.3 is 5.32 Å². The number of hydrogen-bond acceptors (Lipinski definition) is 3. The summed E-state index contributed by atoms with van der Waals surface area (Å²) in [5.74, 6) is 0.574. The molecule has 0 atom stereocenters. The molecular formula is C9H10BrN3O. The molecule has 0 spiro atoms. The highest BCUT2D eigenvalue weighted by atomic mass is 79.9. The number of aromatic nitrogens is 2. The highest BCUT2D eigenvalue weighted by Crippen LogP contribution is 2.04. The minimum Gasteiger partial charge on any atom is -0.353 e. The van der Waals surface area contributed by atoms with Crippen LogP contribution in [0, 0.1) is 0 Å². The van der Waals surface area contributed by atoms with E-state index in [0.29, 0.717) is 12.4 Å². The first-order valence-corrected chi connectivity index (χ1v) is 4.86.